The second kappa shape index (κ2) is 7.31. The Balaban J connectivity index is 1.95. The van der Waals surface area contributed by atoms with Crippen LogP contribution in [-0.4, -0.2) is 23.7 Å². The maximum Gasteiger partial charge on any atom is 0.422 e. The fourth-order valence-corrected chi connectivity index (χ4v) is 1.84. The summed E-state index contributed by atoms with van der Waals surface area (Å²) >= 11 is 0. The smallest absolute Gasteiger partial charge is 0.422 e. The molecule has 128 valence electrons. The minimum Gasteiger partial charge on any atom is -0.468 e. The molecule has 1 heterocycles. The fraction of sp³-hybridized carbons (Fsp3) is 0.250. The van der Waals surface area contributed by atoms with Crippen molar-refractivity contribution < 1.29 is 22.7 Å². The van der Waals surface area contributed by atoms with Crippen LogP contribution in [0.15, 0.2) is 42.6 Å². The Morgan fingerprint density at radius 2 is 1.92 bits per heavy atom. The summed E-state index contributed by atoms with van der Waals surface area (Å²) in [4.78, 5) is 15.8. The number of aromatic nitrogens is 1. The standard InChI is InChI=1S/C16H16F3N3O2/c1-10-2-4-11(5-3-10)14(20)15(23)22-12-6-7-13(21-8-12)24-9-16(17,18)19/h2-8,14H,9,20H2,1H3,(H,22,23). The Morgan fingerprint density at radius 3 is 2.46 bits per heavy atom. The highest BCUT2D eigenvalue weighted by atomic mass is 19.4. The summed E-state index contributed by atoms with van der Waals surface area (Å²) in [6, 6.07) is 8.95. The molecule has 1 unspecified atom stereocenters. The number of nitrogens with one attached hydrogen (secondary N) is 1. The molecule has 1 aromatic heterocycles. The average molecular weight is 339 g/mol. The molecule has 1 amide bonds. The molecule has 0 spiro atoms. The van der Waals surface area contributed by atoms with Crippen molar-refractivity contribution in [3.05, 3.63) is 53.7 Å². The molecule has 24 heavy (non-hydrogen) atoms. The van der Waals surface area contributed by atoms with E-state index in [1.165, 1.54) is 18.3 Å². The normalized spacial score (nSPS) is 12.5. The second-order valence-corrected chi connectivity index (χ2v) is 5.17. The number of amides is 1. The van der Waals surface area contributed by atoms with Gasteiger partial charge in [0, 0.05) is 6.07 Å². The number of carbonyl (C=O) groups excluding carboxylic acids is 1. The van der Waals surface area contributed by atoms with Crippen LogP contribution >= 0.6 is 0 Å². The highest BCUT2D eigenvalue weighted by molar-refractivity contribution is 5.95. The van der Waals surface area contributed by atoms with Crippen LogP contribution in [0, 0.1) is 6.92 Å². The molecule has 0 aliphatic carbocycles. The molecule has 0 bridgehead atoms. The Kier molecular flexibility index (Phi) is 5.40. The van der Waals surface area contributed by atoms with E-state index in [1.807, 2.05) is 19.1 Å². The molecule has 0 radical (unpaired) electrons. The predicted octanol–water partition coefficient (Wildman–Crippen LogP) is 2.97. The molecule has 0 fully saturated rings. The maximum absolute atomic E-state index is 12.1. The lowest BCUT2D eigenvalue weighted by molar-refractivity contribution is -0.154. The topological polar surface area (TPSA) is 77.2 Å². The number of anilines is 1. The Bertz CT molecular complexity index is 685. The van der Waals surface area contributed by atoms with E-state index in [9.17, 15) is 18.0 Å². The maximum atomic E-state index is 12.1. The van der Waals surface area contributed by atoms with Gasteiger partial charge in [0.1, 0.15) is 6.04 Å². The van der Waals surface area contributed by atoms with E-state index in [4.69, 9.17) is 5.73 Å². The van der Waals surface area contributed by atoms with Gasteiger partial charge >= 0.3 is 6.18 Å². The second-order valence-electron chi connectivity index (χ2n) is 5.17. The van der Waals surface area contributed by atoms with Crippen LogP contribution in [0.1, 0.15) is 17.2 Å². The van der Waals surface area contributed by atoms with Gasteiger partial charge in [-0.2, -0.15) is 13.2 Å². The largest absolute Gasteiger partial charge is 0.468 e. The third-order valence-electron chi connectivity index (χ3n) is 3.11. The molecule has 0 saturated carbocycles. The number of hydrogen-bond donors (Lipinski definition) is 2. The van der Waals surface area contributed by atoms with Gasteiger partial charge in [-0.05, 0) is 18.6 Å². The lowest BCUT2D eigenvalue weighted by Crippen LogP contribution is -2.27. The van der Waals surface area contributed by atoms with Crippen LogP contribution in [0.2, 0.25) is 0 Å². The molecular formula is C16H16F3N3O2. The number of benzene rings is 1. The summed E-state index contributed by atoms with van der Waals surface area (Å²) in [5, 5.41) is 2.55. The van der Waals surface area contributed by atoms with E-state index in [-0.39, 0.29) is 5.88 Å². The van der Waals surface area contributed by atoms with Crippen molar-refractivity contribution in [1.82, 2.24) is 4.98 Å². The number of nitrogens with two attached hydrogens (primary N) is 1. The summed E-state index contributed by atoms with van der Waals surface area (Å²) in [6.07, 6.45) is -3.24. The van der Waals surface area contributed by atoms with E-state index >= 15 is 0 Å². The quantitative estimate of drug-likeness (QED) is 0.878. The number of rotatable bonds is 5. The summed E-state index contributed by atoms with van der Waals surface area (Å²) in [5.41, 5.74) is 7.88. The monoisotopic (exact) mass is 339 g/mol. The van der Waals surface area contributed by atoms with Gasteiger partial charge in [-0.15, -0.1) is 0 Å². The van der Waals surface area contributed by atoms with Gasteiger partial charge in [-0.3, -0.25) is 4.79 Å². The van der Waals surface area contributed by atoms with Gasteiger partial charge in [-0.1, -0.05) is 29.8 Å². The first-order chi connectivity index (χ1) is 11.2. The number of carbonyl (C=O) groups is 1. The number of pyridine rings is 1. The van der Waals surface area contributed by atoms with Crippen molar-refractivity contribution in [2.45, 2.75) is 19.1 Å². The lowest BCUT2D eigenvalue weighted by Gasteiger charge is -2.13. The minimum atomic E-state index is -4.44. The molecule has 1 atom stereocenters. The summed E-state index contributed by atoms with van der Waals surface area (Å²) < 4.78 is 40.6. The third kappa shape index (κ3) is 5.24. The van der Waals surface area contributed by atoms with Crippen molar-refractivity contribution in [3.63, 3.8) is 0 Å². The number of nitrogens with zero attached hydrogens (tertiary/aromatic N) is 1. The number of ether oxygens (including phenoxy) is 1. The summed E-state index contributed by atoms with van der Waals surface area (Å²) in [7, 11) is 0. The molecule has 8 heteroatoms. The highest BCUT2D eigenvalue weighted by Gasteiger charge is 2.28. The van der Waals surface area contributed by atoms with E-state index in [0.29, 0.717) is 11.3 Å². The van der Waals surface area contributed by atoms with Crippen molar-refractivity contribution >= 4 is 11.6 Å². The van der Waals surface area contributed by atoms with E-state index in [0.717, 1.165) is 5.56 Å². The van der Waals surface area contributed by atoms with Crippen LogP contribution in [0.3, 0.4) is 0 Å². The van der Waals surface area contributed by atoms with Gasteiger partial charge in [0.05, 0.1) is 11.9 Å². The van der Waals surface area contributed by atoms with Gasteiger partial charge < -0.3 is 15.8 Å². The van der Waals surface area contributed by atoms with E-state index in [2.05, 4.69) is 15.0 Å². The fourth-order valence-electron chi connectivity index (χ4n) is 1.84. The minimum absolute atomic E-state index is 0.187. The van der Waals surface area contributed by atoms with Gasteiger partial charge in [0.2, 0.25) is 11.8 Å². The SMILES string of the molecule is Cc1ccc(C(N)C(=O)Nc2ccc(OCC(F)(F)F)nc2)cc1. The lowest BCUT2D eigenvalue weighted by atomic mass is 10.1. The van der Waals surface area contributed by atoms with Gasteiger partial charge in [0.25, 0.3) is 0 Å². The first kappa shape index (κ1) is 17.7. The molecule has 2 aromatic rings. The molecule has 1 aromatic carbocycles. The Morgan fingerprint density at radius 1 is 1.25 bits per heavy atom. The van der Waals surface area contributed by atoms with Gasteiger partial charge in [0.15, 0.2) is 6.61 Å². The number of halogens is 3. The summed E-state index contributed by atoms with van der Waals surface area (Å²) in [6.45, 7) is 0.494. The Labute approximate surface area is 136 Å². The van der Waals surface area contributed by atoms with Crippen molar-refractivity contribution in [1.29, 1.82) is 0 Å². The average Bonchev–Trinajstić information content (AvgIpc) is 2.53. The summed E-state index contributed by atoms with van der Waals surface area (Å²) in [5.74, 6) is -0.641. The van der Waals surface area contributed by atoms with Crippen LogP contribution in [-0.2, 0) is 4.79 Å². The molecule has 3 N–H and O–H groups in total. The zero-order valence-corrected chi connectivity index (χ0v) is 12.8. The molecule has 0 aliphatic rings. The molecule has 0 aliphatic heterocycles. The molecule has 2 rings (SSSR count). The Hall–Kier alpha value is -2.61. The van der Waals surface area contributed by atoms with E-state index in [1.54, 1.807) is 12.1 Å². The van der Waals surface area contributed by atoms with Crippen molar-refractivity contribution in [2.24, 2.45) is 5.73 Å². The van der Waals surface area contributed by atoms with Crippen LogP contribution < -0.4 is 15.8 Å². The molecular weight excluding hydrogens is 323 g/mol. The zero-order valence-electron chi connectivity index (χ0n) is 12.8. The molecule has 0 saturated heterocycles. The first-order valence-electron chi connectivity index (χ1n) is 7.03. The van der Waals surface area contributed by atoms with Crippen molar-refractivity contribution in [2.75, 3.05) is 11.9 Å². The first-order valence-corrected chi connectivity index (χ1v) is 7.03. The van der Waals surface area contributed by atoms with Crippen LogP contribution in [0.5, 0.6) is 5.88 Å². The zero-order chi connectivity index (χ0) is 17.7. The number of hydrogen-bond acceptors (Lipinski definition) is 4. The predicted molar refractivity (Wildman–Crippen MR) is 82.5 cm³/mol. The number of alkyl halides is 3. The van der Waals surface area contributed by atoms with Crippen LogP contribution in [0.4, 0.5) is 18.9 Å². The van der Waals surface area contributed by atoms with Crippen molar-refractivity contribution in [3.8, 4) is 5.88 Å². The third-order valence-corrected chi connectivity index (χ3v) is 3.11. The highest BCUT2D eigenvalue weighted by Crippen LogP contribution is 2.19. The van der Waals surface area contributed by atoms with Gasteiger partial charge in [-0.25, -0.2) is 4.98 Å². The van der Waals surface area contributed by atoms with Crippen LogP contribution in [0.25, 0.3) is 0 Å². The van der Waals surface area contributed by atoms with E-state index < -0.39 is 24.7 Å². The number of aryl methyl sites for hydroxylation is 1. The molecule has 5 nitrogen and oxygen atoms in total.